The fourth-order valence-corrected chi connectivity index (χ4v) is 7.52. The summed E-state index contributed by atoms with van der Waals surface area (Å²) in [5.41, 5.74) is -3.15. The number of imide groups is 1. The van der Waals surface area contributed by atoms with E-state index in [1.165, 1.54) is 6.07 Å². The number of Topliss-reactive ketones (excluding diaryl/α,β-unsaturated/α-hetero) is 1. The average Bonchev–Trinajstić information content (AvgIpc) is 3.20. The van der Waals surface area contributed by atoms with E-state index in [4.69, 9.17) is 4.28 Å². The van der Waals surface area contributed by atoms with Crippen molar-refractivity contribution in [3.63, 3.8) is 0 Å². The van der Waals surface area contributed by atoms with Crippen LogP contribution in [0.4, 0.5) is 5.69 Å². The molecular formula is C22H20N2O8S. The van der Waals surface area contributed by atoms with Gasteiger partial charge in [0.05, 0.1) is 21.7 Å². The Morgan fingerprint density at radius 3 is 2.42 bits per heavy atom. The van der Waals surface area contributed by atoms with E-state index >= 15 is 0 Å². The van der Waals surface area contributed by atoms with Gasteiger partial charge in [-0.15, -0.1) is 9.35 Å². The van der Waals surface area contributed by atoms with E-state index in [0.29, 0.717) is 18.2 Å². The normalized spacial score (nSPS) is 25.8. The third-order valence-corrected chi connectivity index (χ3v) is 8.99. The van der Waals surface area contributed by atoms with Gasteiger partial charge >= 0.3 is 0 Å². The lowest BCUT2D eigenvalue weighted by Gasteiger charge is -2.35. The van der Waals surface area contributed by atoms with Gasteiger partial charge in [-0.2, -0.15) is 8.42 Å². The second-order valence-electron chi connectivity index (χ2n) is 9.47. The van der Waals surface area contributed by atoms with Crippen molar-refractivity contribution in [2.24, 2.45) is 16.7 Å². The van der Waals surface area contributed by atoms with E-state index in [1.54, 1.807) is 18.2 Å². The number of nitrogens with zero attached hydrogens (tertiary/aromatic N) is 2. The number of hydroxylamine groups is 2. The largest absolute Gasteiger partial charge is 0.299 e. The Morgan fingerprint density at radius 2 is 1.82 bits per heavy atom. The van der Waals surface area contributed by atoms with E-state index in [1.807, 2.05) is 13.8 Å². The molecule has 0 radical (unpaired) electrons. The lowest BCUT2D eigenvalue weighted by molar-refractivity contribution is -0.385. The number of benzene rings is 2. The number of carbonyl (C=O) groups is 3. The van der Waals surface area contributed by atoms with Crippen molar-refractivity contribution < 1.29 is 32.0 Å². The van der Waals surface area contributed by atoms with Gasteiger partial charge in [0, 0.05) is 12.5 Å². The van der Waals surface area contributed by atoms with E-state index in [0.717, 1.165) is 6.07 Å². The van der Waals surface area contributed by atoms with Crippen LogP contribution >= 0.6 is 0 Å². The van der Waals surface area contributed by atoms with Gasteiger partial charge in [-0.05, 0) is 34.9 Å². The molecule has 1 aliphatic heterocycles. The van der Waals surface area contributed by atoms with Gasteiger partial charge in [-0.1, -0.05) is 38.1 Å². The van der Waals surface area contributed by atoms with E-state index in [2.05, 4.69) is 0 Å². The van der Waals surface area contributed by atoms with Crippen molar-refractivity contribution in [1.82, 2.24) is 5.06 Å². The summed E-state index contributed by atoms with van der Waals surface area (Å²) in [4.78, 5) is 49.6. The predicted octanol–water partition coefficient (Wildman–Crippen LogP) is 3.00. The summed E-state index contributed by atoms with van der Waals surface area (Å²) >= 11 is 0. The van der Waals surface area contributed by atoms with Crippen LogP contribution in [-0.4, -0.2) is 41.8 Å². The quantitative estimate of drug-likeness (QED) is 0.367. The number of nitro benzene ring substituents is 1. The number of rotatable bonds is 5. The molecule has 2 atom stereocenters. The number of nitro groups is 1. The Hall–Kier alpha value is -3.18. The standard InChI is InChI=1S/C22H20N2O8S/c1-21(2)13-7-8-22(21,16(25)10-13)11-33(30,31)32-23-19(26)17-14-6-4-3-5-12(14)9-15(24(28)29)18(17)20(23)27/h3-6,9,13H,7-8,10-11H2,1-2H3. The van der Waals surface area contributed by atoms with Crippen molar-refractivity contribution in [2.75, 3.05) is 5.75 Å². The fourth-order valence-electron chi connectivity index (χ4n) is 5.83. The van der Waals surface area contributed by atoms with Crippen LogP contribution in [0, 0.1) is 26.9 Å². The molecule has 2 saturated carbocycles. The summed E-state index contributed by atoms with van der Waals surface area (Å²) in [6.45, 7) is 3.70. The minimum absolute atomic E-state index is 0.0634. The molecule has 2 amide bonds. The zero-order chi connectivity index (χ0) is 23.9. The molecule has 2 aromatic rings. The first-order chi connectivity index (χ1) is 15.4. The number of hydrogen-bond acceptors (Lipinski definition) is 8. The smallest absolute Gasteiger partial charge is 0.294 e. The first-order valence-corrected chi connectivity index (χ1v) is 12.0. The Morgan fingerprint density at radius 1 is 1.15 bits per heavy atom. The first kappa shape index (κ1) is 21.7. The maximum absolute atomic E-state index is 13.1. The second kappa shape index (κ2) is 6.67. The molecule has 0 spiro atoms. The first-order valence-electron chi connectivity index (χ1n) is 10.4. The average molecular weight is 472 g/mol. The molecule has 2 aromatic carbocycles. The molecule has 2 aliphatic carbocycles. The van der Waals surface area contributed by atoms with E-state index in [-0.39, 0.29) is 34.1 Å². The molecule has 2 unspecified atom stereocenters. The van der Waals surface area contributed by atoms with Crippen LogP contribution in [0.25, 0.3) is 10.8 Å². The summed E-state index contributed by atoms with van der Waals surface area (Å²) < 4.78 is 31.0. The zero-order valence-electron chi connectivity index (χ0n) is 17.9. The van der Waals surface area contributed by atoms with Crippen molar-refractivity contribution >= 4 is 44.2 Å². The van der Waals surface area contributed by atoms with E-state index in [9.17, 15) is 32.9 Å². The number of fused-ring (bicyclic) bond motifs is 5. The fraction of sp³-hybridized carbons (Fsp3) is 0.409. The number of ketones is 1. The zero-order valence-corrected chi connectivity index (χ0v) is 18.7. The van der Waals surface area contributed by atoms with Gasteiger partial charge in [0.15, 0.2) is 0 Å². The molecule has 5 rings (SSSR count). The predicted molar refractivity (Wildman–Crippen MR) is 115 cm³/mol. The minimum atomic E-state index is -4.57. The molecule has 0 saturated heterocycles. The summed E-state index contributed by atoms with van der Waals surface area (Å²) in [5, 5.41) is 12.3. The Balaban J connectivity index is 1.53. The molecule has 172 valence electrons. The van der Waals surface area contributed by atoms with E-state index < -0.39 is 54.7 Å². The molecule has 11 heteroatoms. The second-order valence-corrected chi connectivity index (χ2v) is 11.0. The molecule has 10 nitrogen and oxygen atoms in total. The minimum Gasteiger partial charge on any atom is -0.299 e. The number of hydrogen-bond donors (Lipinski definition) is 0. The maximum atomic E-state index is 13.1. The number of amides is 2. The Kier molecular flexibility index (Phi) is 4.38. The van der Waals surface area contributed by atoms with Crippen LogP contribution in [-0.2, 0) is 19.2 Å². The maximum Gasteiger partial charge on any atom is 0.294 e. The molecular weight excluding hydrogens is 452 g/mol. The molecule has 0 aromatic heterocycles. The highest BCUT2D eigenvalue weighted by molar-refractivity contribution is 7.86. The summed E-state index contributed by atoms with van der Waals surface area (Å²) in [6.07, 6.45) is 1.37. The molecule has 33 heavy (non-hydrogen) atoms. The summed E-state index contributed by atoms with van der Waals surface area (Å²) in [6, 6.07) is 7.43. The van der Waals surface area contributed by atoms with Crippen molar-refractivity contribution in [2.45, 2.75) is 33.1 Å². The third kappa shape index (κ3) is 2.81. The van der Waals surface area contributed by atoms with Gasteiger partial charge in [0.1, 0.15) is 11.3 Å². The van der Waals surface area contributed by atoms with Gasteiger partial charge in [-0.25, -0.2) is 0 Å². The number of carbonyl (C=O) groups excluding carboxylic acids is 3. The topological polar surface area (TPSA) is 141 Å². The molecule has 0 N–H and O–H groups in total. The highest BCUT2D eigenvalue weighted by Gasteiger charge is 2.65. The lowest BCUT2D eigenvalue weighted by atomic mass is 9.70. The Labute approximate surface area is 188 Å². The monoisotopic (exact) mass is 472 g/mol. The molecule has 2 fully saturated rings. The molecule has 1 heterocycles. The SMILES string of the molecule is CC1(C)C2CCC1(CS(=O)(=O)ON1C(=O)c3c([N+](=O)[O-])cc4ccccc4c3C1=O)C(=O)C2. The van der Waals surface area contributed by atoms with Gasteiger partial charge < -0.3 is 0 Å². The van der Waals surface area contributed by atoms with Gasteiger partial charge in [-0.3, -0.25) is 24.5 Å². The highest BCUT2D eigenvalue weighted by Crippen LogP contribution is 2.64. The van der Waals surface area contributed by atoms with Crippen LogP contribution in [0.2, 0.25) is 0 Å². The van der Waals surface area contributed by atoms with Crippen molar-refractivity contribution in [3.8, 4) is 0 Å². The molecule has 3 aliphatic rings. The van der Waals surface area contributed by atoms with Crippen molar-refractivity contribution in [1.29, 1.82) is 0 Å². The lowest BCUT2D eigenvalue weighted by Crippen LogP contribution is -2.44. The van der Waals surface area contributed by atoms with Crippen molar-refractivity contribution in [3.05, 3.63) is 51.6 Å². The van der Waals surface area contributed by atoms with Crippen LogP contribution < -0.4 is 0 Å². The summed E-state index contributed by atoms with van der Waals surface area (Å²) in [7, 11) is -4.57. The van der Waals surface area contributed by atoms with Gasteiger partial charge in [0.25, 0.3) is 27.6 Å². The van der Waals surface area contributed by atoms with Crippen LogP contribution in [0.5, 0.6) is 0 Å². The van der Waals surface area contributed by atoms with Crippen LogP contribution in [0.1, 0.15) is 53.8 Å². The van der Waals surface area contributed by atoms with Crippen LogP contribution in [0.15, 0.2) is 30.3 Å². The van der Waals surface area contributed by atoms with Gasteiger partial charge in [0.2, 0.25) is 0 Å². The van der Waals surface area contributed by atoms with Crippen LogP contribution in [0.3, 0.4) is 0 Å². The Bertz CT molecular complexity index is 1400. The third-order valence-electron chi connectivity index (χ3n) is 7.77. The highest BCUT2D eigenvalue weighted by atomic mass is 32.2. The summed E-state index contributed by atoms with van der Waals surface area (Å²) in [5.74, 6) is -3.10. The molecule has 2 bridgehead atoms.